The SMILES string of the molecule is O=C(Nc1ccc(-n2nc(C(F)(F)F)cc2C(F)(F)F)cc1)c1ccoc1. The van der Waals surface area contributed by atoms with Gasteiger partial charge in [-0.05, 0) is 30.3 Å². The number of benzene rings is 1. The first-order valence-electron chi connectivity index (χ1n) is 7.24. The van der Waals surface area contributed by atoms with Crippen molar-refractivity contribution in [3.8, 4) is 5.69 Å². The van der Waals surface area contributed by atoms with Crippen LogP contribution in [0.1, 0.15) is 21.7 Å². The summed E-state index contributed by atoms with van der Waals surface area (Å²) in [6.07, 6.45) is -7.58. The number of anilines is 1. The number of furan rings is 1. The molecule has 0 saturated carbocycles. The van der Waals surface area contributed by atoms with Crippen LogP contribution < -0.4 is 5.32 Å². The monoisotopic (exact) mass is 389 g/mol. The molecule has 0 spiro atoms. The lowest BCUT2D eigenvalue weighted by molar-refractivity contribution is -0.143. The number of nitrogens with zero attached hydrogens (tertiary/aromatic N) is 2. The Bertz CT molecular complexity index is 940. The van der Waals surface area contributed by atoms with E-state index in [1.165, 1.54) is 30.7 Å². The summed E-state index contributed by atoms with van der Waals surface area (Å²) in [4.78, 5) is 11.9. The van der Waals surface area contributed by atoms with E-state index in [9.17, 15) is 31.1 Å². The topological polar surface area (TPSA) is 60.1 Å². The number of halogens is 6. The lowest BCUT2D eigenvalue weighted by atomic mass is 10.2. The average Bonchev–Trinajstić information content (AvgIpc) is 3.24. The van der Waals surface area contributed by atoms with Gasteiger partial charge in [-0.15, -0.1) is 0 Å². The van der Waals surface area contributed by atoms with E-state index in [0.29, 0.717) is 0 Å². The summed E-state index contributed by atoms with van der Waals surface area (Å²) in [7, 11) is 0. The molecular weight excluding hydrogens is 380 g/mol. The lowest BCUT2D eigenvalue weighted by Gasteiger charge is -2.11. The second kappa shape index (κ2) is 6.49. The predicted octanol–water partition coefficient (Wildman–Crippen LogP) is 4.76. The van der Waals surface area contributed by atoms with Gasteiger partial charge in [-0.2, -0.15) is 31.4 Å². The Kier molecular flexibility index (Phi) is 4.46. The average molecular weight is 389 g/mol. The van der Waals surface area contributed by atoms with Crippen LogP contribution in [-0.4, -0.2) is 15.7 Å². The maximum Gasteiger partial charge on any atom is 0.435 e. The normalized spacial score (nSPS) is 12.2. The van der Waals surface area contributed by atoms with Crippen LogP contribution in [0.2, 0.25) is 0 Å². The van der Waals surface area contributed by atoms with Gasteiger partial charge < -0.3 is 9.73 Å². The molecule has 3 aromatic rings. The Hall–Kier alpha value is -3.24. The van der Waals surface area contributed by atoms with Crippen LogP contribution in [0.4, 0.5) is 32.0 Å². The van der Waals surface area contributed by atoms with Gasteiger partial charge in [-0.25, -0.2) is 4.68 Å². The van der Waals surface area contributed by atoms with Crippen LogP contribution in [0, 0.1) is 0 Å². The van der Waals surface area contributed by atoms with Gasteiger partial charge in [-0.1, -0.05) is 0 Å². The standard InChI is InChI=1S/C16H9F6N3O2/c17-15(18,19)12-7-13(16(20,21)22)25(24-12)11-3-1-10(2-4-11)23-14(26)9-5-6-27-8-9/h1-8H,(H,23,26). The minimum absolute atomic E-state index is 0.0609. The smallest absolute Gasteiger partial charge is 0.435 e. The first kappa shape index (κ1) is 18.5. The number of carbonyl (C=O) groups excluding carboxylic acids is 1. The molecule has 0 bridgehead atoms. The number of nitrogens with one attached hydrogen (secondary N) is 1. The summed E-state index contributed by atoms with van der Waals surface area (Å²) in [5, 5.41) is 5.49. The van der Waals surface area contributed by atoms with E-state index in [2.05, 4.69) is 10.4 Å². The predicted molar refractivity (Wildman–Crippen MR) is 80.2 cm³/mol. The second-order valence-corrected chi connectivity index (χ2v) is 5.34. The number of hydrogen-bond acceptors (Lipinski definition) is 3. The third-order valence-corrected chi connectivity index (χ3v) is 3.44. The highest BCUT2D eigenvalue weighted by Gasteiger charge is 2.42. The van der Waals surface area contributed by atoms with Gasteiger partial charge in [0.2, 0.25) is 0 Å². The van der Waals surface area contributed by atoms with Crippen LogP contribution in [0.3, 0.4) is 0 Å². The van der Waals surface area contributed by atoms with Crippen molar-refractivity contribution >= 4 is 11.6 Å². The largest absolute Gasteiger partial charge is 0.472 e. The summed E-state index contributed by atoms with van der Waals surface area (Å²) in [5.41, 5.74) is -3.03. The summed E-state index contributed by atoms with van der Waals surface area (Å²) < 4.78 is 82.2. The van der Waals surface area contributed by atoms with Crippen LogP contribution in [-0.2, 0) is 12.4 Å². The fourth-order valence-corrected chi connectivity index (χ4v) is 2.20. The Morgan fingerprint density at radius 2 is 1.67 bits per heavy atom. The van der Waals surface area contributed by atoms with E-state index in [4.69, 9.17) is 4.42 Å². The van der Waals surface area contributed by atoms with Crippen molar-refractivity contribution in [3.63, 3.8) is 0 Å². The van der Waals surface area contributed by atoms with Gasteiger partial charge in [0.05, 0.1) is 17.5 Å². The molecule has 5 nitrogen and oxygen atoms in total. The van der Waals surface area contributed by atoms with Crippen molar-refractivity contribution < 1.29 is 35.6 Å². The quantitative estimate of drug-likeness (QED) is 0.658. The Balaban J connectivity index is 1.91. The van der Waals surface area contributed by atoms with E-state index in [0.717, 1.165) is 12.1 Å². The third kappa shape index (κ3) is 3.96. The molecule has 0 aliphatic heterocycles. The zero-order valence-corrected chi connectivity index (χ0v) is 13.1. The number of hydrogen-bond donors (Lipinski definition) is 1. The molecule has 0 atom stereocenters. The molecule has 2 aromatic heterocycles. The molecule has 142 valence electrons. The molecule has 3 rings (SSSR count). The molecule has 1 aromatic carbocycles. The molecule has 27 heavy (non-hydrogen) atoms. The molecule has 0 aliphatic carbocycles. The summed E-state index contributed by atoms with van der Waals surface area (Å²) >= 11 is 0. The van der Waals surface area contributed by atoms with Crippen LogP contribution in [0.15, 0.2) is 53.3 Å². The molecular formula is C16H9F6N3O2. The second-order valence-electron chi connectivity index (χ2n) is 5.34. The maximum absolute atomic E-state index is 13.0. The van der Waals surface area contributed by atoms with Crippen molar-refractivity contribution in [3.05, 3.63) is 65.9 Å². The van der Waals surface area contributed by atoms with E-state index in [1.807, 2.05) is 0 Å². The molecule has 11 heteroatoms. The molecule has 0 radical (unpaired) electrons. The molecule has 2 heterocycles. The lowest BCUT2D eigenvalue weighted by Crippen LogP contribution is -2.14. The van der Waals surface area contributed by atoms with E-state index >= 15 is 0 Å². The van der Waals surface area contributed by atoms with Crippen molar-refractivity contribution in [2.24, 2.45) is 0 Å². The molecule has 0 saturated heterocycles. The van der Waals surface area contributed by atoms with Gasteiger partial charge in [0, 0.05) is 11.8 Å². The number of rotatable bonds is 3. The van der Waals surface area contributed by atoms with Crippen molar-refractivity contribution in [2.45, 2.75) is 12.4 Å². The molecule has 1 N–H and O–H groups in total. The zero-order valence-electron chi connectivity index (χ0n) is 13.1. The number of alkyl halides is 6. The number of aromatic nitrogens is 2. The van der Waals surface area contributed by atoms with Gasteiger partial charge in [0.1, 0.15) is 12.0 Å². The van der Waals surface area contributed by atoms with Crippen molar-refractivity contribution in [2.75, 3.05) is 5.32 Å². The van der Waals surface area contributed by atoms with Crippen molar-refractivity contribution in [1.82, 2.24) is 9.78 Å². The van der Waals surface area contributed by atoms with E-state index < -0.39 is 29.6 Å². The Morgan fingerprint density at radius 3 is 2.19 bits per heavy atom. The van der Waals surface area contributed by atoms with Crippen LogP contribution in [0.25, 0.3) is 5.69 Å². The van der Waals surface area contributed by atoms with E-state index in [-0.39, 0.29) is 27.7 Å². The highest BCUT2D eigenvalue weighted by molar-refractivity contribution is 6.03. The van der Waals surface area contributed by atoms with Crippen molar-refractivity contribution in [1.29, 1.82) is 0 Å². The van der Waals surface area contributed by atoms with Gasteiger partial charge in [0.25, 0.3) is 5.91 Å². The molecule has 0 aliphatic rings. The van der Waals surface area contributed by atoms with Gasteiger partial charge >= 0.3 is 12.4 Å². The zero-order chi connectivity index (χ0) is 19.8. The van der Waals surface area contributed by atoms with Gasteiger partial charge in [-0.3, -0.25) is 4.79 Å². The summed E-state index contributed by atoms with van der Waals surface area (Å²) in [6, 6.07) is 6.03. The first-order valence-corrected chi connectivity index (χ1v) is 7.24. The third-order valence-electron chi connectivity index (χ3n) is 3.44. The molecule has 0 unspecified atom stereocenters. The summed E-state index contributed by atoms with van der Waals surface area (Å²) in [5.74, 6) is -0.522. The minimum Gasteiger partial charge on any atom is -0.472 e. The summed E-state index contributed by atoms with van der Waals surface area (Å²) in [6.45, 7) is 0. The van der Waals surface area contributed by atoms with Gasteiger partial charge in [0.15, 0.2) is 5.69 Å². The fraction of sp³-hybridized carbons (Fsp3) is 0.125. The first-order chi connectivity index (χ1) is 12.6. The van der Waals surface area contributed by atoms with Crippen LogP contribution in [0.5, 0.6) is 0 Å². The maximum atomic E-state index is 13.0. The van der Waals surface area contributed by atoms with E-state index in [1.54, 1.807) is 0 Å². The fourth-order valence-electron chi connectivity index (χ4n) is 2.20. The number of amides is 1. The molecule has 1 amide bonds. The highest BCUT2D eigenvalue weighted by atomic mass is 19.4. The highest BCUT2D eigenvalue weighted by Crippen LogP contribution is 2.36. The Morgan fingerprint density at radius 1 is 1.00 bits per heavy atom. The minimum atomic E-state index is -5.04. The van der Waals surface area contributed by atoms with Crippen LogP contribution >= 0.6 is 0 Å². The number of carbonyl (C=O) groups is 1. The molecule has 0 fully saturated rings. The Labute approximate surface area is 147 Å².